The minimum Gasteiger partial charge on any atom is -0.338 e. The molecule has 1 heterocycles. The van der Waals surface area contributed by atoms with Gasteiger partial charge in [-0.2, -0.15) is 0 Å². The predicted octanol–water partition coefficient (Wildman–Crippen LogP) is 4.59. The highest BCUT2D eigenvalue weighted by Crippen LogP contribution is 2.24. The number of aromatic nitrogens is 2. The number of aryl methyl sites for hydroxylation is 1. The average molecular weight is 284 g/mol. The molecule has 0 spiro atoms. The zero-order chi connectivity index (χ0) is 13.9. The van der Waals surface area contributed by atoms with Crippen LogP contribution in [-0.2, 0) is 6.42 Å². The second kappa shape index (κ2) is 5.47. The van der Waals surface area contributed by atoms with Crippen molar-refractivity contribution in [3.63, 3.8) is 0 Å². The summed E-state index contributed by atoms with van der Waals surface area (Å²) in [5.74, 6) is 0.582. The fourth-order valence-corrected chi connectivity index (χ4v) is 2.24. The number of rotatable bonds is 3. The fraction of sp³-hybridized carbons (Fsp3) is 0.125. The second-order valence-corrected chi connectivity index (χ2v) is 4.89. The van der Waals surface area contributed by atoms with Gasteiger partial charge in [0.1, 0.15) is 0 Å². The molecule has 3 aromatic rings. The molecule has 0 bridgehead atoms. The maximum atomic E-state index is 6.19. The van der Waals surface area contributed by atoms with Crippen LogP contribution >= 0.6 is 11.6 Å². The summed E-state index contributed by atoms with van der Waals surface area (Å²) < 4.78 is 0. The van der Waals surface area contributed by atoms with Crippen LogP contribution in [0.15, 0.2) is 48.5 Å². The molecule has 100 valence electrons. The van der Waals surface area contributed by atoms with Crippen LogP contribution in [0.25, 0.3) is 11.0 Å². The zero-order valence-corrected chi connectivity index (χ0v) is 11.9. The van der Waals surface area contributed by atoms with Crippen molar-refractivity contribution in [1.29, 1.82) is 0 Å². The Labute approximate surface area is 122 Å². The van der Waals surface area contributed by atoms with Gasteiger partial charge in [0.05, 0.1) is 11.0 Å². The standard InChI is InChI=1S/C16H14ClN3/c1-2-11-6-5-7-12(10-11)18-16-15(17)19-13-8-3-4-9-14(13)20-16/h3-10H,2H2,1H3,(H,18,20). The SMILES string of the molecule is CCc1cccc(Nc2nc3ccccc3nc2Cl)c1. The van der Waals surface area contributed by atoms with Gasteiger partial charge >= 0.3 is 0 Å². The van der Waals surface area contributed by atoms with Gasteiger partial charge in [0.15, 0.2) is 11.0 Å². The number of halogens is 1. The highest BCUT2D eigenvalue weighted by molar-refractivity contribution is 6.32. The molecule has 3 rings (SSSR count). The molecule has 2 aromatic carbocycles. The van der Waals surface area contributed by atoms with Crippen molar-refractivity contribution >= 4 is 34.1 Å². The Bertz CT molecular complexity index is 756. The summed E-state index contributed by atoms with van der Waals surface area (Å²) >= 11 is 6.19. The highest BCUT2D eigenvalue weighted by atomic mass is 35.5. The molecule has 0 saturated carbocycles. The number of hydrogen-bond donors (Lipinski definition) is 1. The predicted molar refractivity (Wildman–Crippen MR) is 83.7 cm³/mol. The summed E-state index contributed by atoms with van der Waals surface area (Å²) in [4.78, 5) is 8.87. The van der Waals surface area contributed by atoms with E-state index in [-0.39, 0.29) is 0 Å². The fourth-order valence-electron chi connectivity index (χ4n) is 2.06. The van der Waals surface area contributed by atoms with Crippen LogP contribution < -0.4 is 5.32 Å². The summed E-state index contributed by atoms with van der Waals surface area (Å²) in [6, 6.07) is 15.9. The molecular formula is C16H14ClN3. The van der Waals surface area contributed by atoms with Gasteiger partial charge in [0.25, 0.3) is 0 Å². The van der Waals surface area contributed by atoms with E-state index in [2.05, 4.69) is 34.3 Å². The monoisotopic (exact) mass is 283 g/mol. The minimum atomic E-state index is 0.380. The third-order valence-electron chi connectivity index (χ3n) is 3.13. The lowest BCUT2D eigenvalue weighted by molar-refractivity contribution is 1.14. The second-order valence-electron chi connectivity index (χ2n) is 4.53. The Morgan fingerprint density at radius 1 is 1.00 bits per heavy atom. The van der Waals surface area contributed by atoms with Gasteiger partial charge in [-0.25, -0.2) is 9.97 Å². The van der Waals surface area contributed by atoms with Crippen LogP contribution in [0.1, 0.15) is 12.5 Å². The van der Waals surface area contributed by atoms with E-state index < -0.39 is 0 Å². The Hall–Kier alpha value is -2.13. The number of benzene rings is 2. The molecule has 0 fully saturated rings. The lowest BCUT2D eigenvalue weighted by atomic mass is 10.1. The van der Waals surface area contributed by atoms with Crippen molar-refractivity contribution in [1.82, 2.24) is 9.97 Å². The largest absolute Gasteiger partial charge is 0.338 e. The first-order valence-electron chi connectivity index (χ1n) is 6.54. The summed E-state index contributed by atoms with van der Waals surface area (Å²) in [6.07, 6.45) is 0.993. The van der Waals surface area contributed by atoms with E-state index in [9.17, 15) is 0 Å². The van der Waals surface area contributed by atoms with E-state index in [4.69, 9.17) is 11.6 Å². The van der Waals surface area contributed by atoms with Gasteiger partial charge in [-0.15, -0.1) is 0 Å². The van der Waals surface area contributed by atoms with Crippen LogP contribution in [0.2, 0.25) is 5.15 Å². The number of nitrogens with zero attached hydrogens (tertiary/aromatic N) is 2. The molecule has 0 aliphatic heterocycles. The molecule has 0 amide bonds. The van der Waals surface area contributed by atoms with Crippen molar-refractivity contribution in [2.75, 3.05) is 5.32 Å². The smallest absolute Gasteiger partial charge is 0.172 e. The first-order chi connectivity index (χ1) is 9.76. The van der Waals surface area contributed by atoms with E-state index >= 15 is 0 Å². The molecular weight excluding hydrogens is 270 g/mol. The van der Waals surface area contributed by atoms with Gasteiger partial charge in [-0.1, -0.05) is 42.8 Å². The van der Waals surface area contributed by atoms with E-state index in [0.29, 0.717) is 11.0 Å². The van der Waals surface area contributed by atoms with Crippen LogP contribution in [0.5, 0.6) is 0 Å². The summed E-state index contributed by atoms with van der Waals surface area (Å²) in [6.45, 7) is 2.13. The molecule has 4 heteroatoms. The van der Waals surface area contributed by atoms with Gasteiger partial charge in [-0.05, 0) is 36.2 Å². The highest BCUT2D eigenvalue weighted by Gasteiger charge is 2.07. The molecule has 0 aliphatic rings. The number of nitrogens with one attached hydrogen (secondary N) is 1. The van der Waals surface area contributed by atoms with Crippen LogP contribution in [-0.4, -0.2) is 9.97 Å². The van der Waals surface area contributed by atoms with Crippen molar-refractivity contribution in [2.24, 2.45) is 0 Å². The Morgan fingerprint density at radius 2 is 1.75 bits per heavy atom. The number of hydrogen-bond acceptors (Lipinski definition) is 3. The van der Waals surface area contributed by atoms with Gasteiger partial charge in [0.2, 0.25) is 0 Å². The molecule has 1 aromatic heterocycles. The van der Waals surface area contributed by atoms with Gasteiger partial charge in [-0.3, -0.25) is 0 Å². The van der Waals surface area contributed by atoms with E-state index in [1.54, 1.807) is 0 Å². The van der Waals surface area contributed by atoms with E-state index in [0.717, 1.165) is 23.1 Å². The summed E-state index contributed by atoms with van der Waals surface area (Å²) in [5.41, 5.74) is 3.85. The molecule has 0 atom stereocenters. The van der Waals surface area contributed by atoms with E-state index in [1.807, 2.05) is 36.4 Å². The Morgan fingerprint density at radius 3 is 2.50 bits per heavy atom. The molecule has 0 aliphatic carbocycles. The van der Waals surface area contributed by atoms with Crippen LogP contribution in [0.3, 0.4) is 0 Å². The molecule has 0 saturated heterocycles. The lowest BCUT2D eigenvalue weighted by Crippen LogP contribution is -1.97. The third kappa shape index (κ3) is 2.58. The molecule has 1 N–H and O–H groups in total. The number of anilines is 2. The first-order valence-corrected chi connectivity index (χ1v) is 6.92. The summed E-state index contributed by atoms with van der Waals surface area (Å²) in [5, 5.41) is 3.61. The zero-order valence-electron chi connectivity index (χ0n) is 11.1. The number of fused-ring (bicyclic) bond motifs is 1. The van der Waals surface area contributed by atoms with Crippen molar-refractivity contribution in [3.05, 3.63) is 59.2 Å². The first kappa shape index (κ1) is 12.9. The normalized spacial score (nSPS) is 10.7. The summed E-state index contributed by atoms with van der Waals surface area (Å²) in [7, 11) is 0. The van der Waals surface area contributed by atoms with Crippen molar-refractivity contribution in [2.45, 2.75) is 13.3 Å². The number of para-hydroxylation sites is 2. The third-order valence-corrected chi connectivity index (χ3v) is 3.39. The Kier molecular flexibility index (Phi) is 3.52. The molecule has 20 heavy (non-hydrogen) atoms. The van der Waals surface area contributed by atoms with Gasteiger partial charge < -0.3 is 5.32 Å². The Balaban J connectivity index is 1.99. The van der Waals surface area contributed by atoms with Gasteiger partial charge in [0, 0.05) is 5.69 Å². The maximum absolute atomic E-state index is 6.19. The molecule has 0 unspecified atom stereocenters. The quantitative estimate of drug-likeness (QED) is 0.764. The maximum Gasteiger partial charge on any atom is 0.172 e. The molecule has 3 nitrogen and oxygen atoms in total. The van der Waals surface area contributed by atoms with Crippen LogP contribution in [0.4, 0.5) is 11.5 Å². The van der Waals surface area contributed by atoms with Crippen molar-refractivity contribution in [3.8, 4) is 0 Å². The average Bonchev–Trinajstić information content (AvgIpc) is 2.48. The van der Waals surface area contributed by atoms with Crippen LogP contribution in [0, 0.1) is 0 Å². The minimum absolute atomic E-state index is 0.380. The molecule has 0 radical (unpaired) electrons. The lowest BCUT2D eigenvalue weighted by Gasteiger charge is -2.09. The van der Waals surface area contributed by atoms with E-state index in [1.165, 1.54) is 5.56 Å². The topological polar surface area (TPSA) is 37.8 Å². The van der Waals surface area contributed by atoms with Crippen molar-refractivity contribution < 1.29 is 0 Å².